The summed E-state index contributed by atoms with van der Waals surface area (Å²) in [6.45, 7) is 1.99. The van der Waals surface area contributed by atoms with E-state index in [2.05, 4.69) is 9.82 Å². The molecule has 0 spiro atoms. The Bertz CT molecular complexity index is 1220. The van der Waals surface area contributed by atoms with Gasteiger partial charge in [0.15, 0.2) is 0 Å². The maximum absolute atomic E-state index is 14.4. The number of benzene rings is 1. The molecule has 0 aliphatic heterocycles. The number of halogens is 3. The van der Waals surface area contributed by atoms with Gasteiger partial charge in [-0.05, 0) is 36.9 Å². The number of aromatic nitrogens is 2. The van der Waals surface area contributed by atoms with Crippen LogP contribution in [-0.4, -0.2) is 42.9 Å². The van der Waals surface area contributed by atoms with Gasteiger partial charge in [-0.25, -0.2) is 21.9 Å². The number of hydrogen-bond donors (Lipinski definition) is 1. The number of para-hydroxylation sites is 1. The third kappa shape index (κ3) is 4.24. The second-order valence-electron chi connectivity index (χ2n) is 6.87. The van der Waals surface area contributed by atoms with Gasteiger partial charge in [0, 0.05) is 55.2 Å². The monoisotopic (exact) mass is 470 g/mol. The van der Waals surface area contributed by atoms with Crippen LogP contribution in [0, 0.1) is 6.92 Å². The van der Waals surface area contributed by atoms with Crippen molar-refractivity contribution < 1.29 is 12.8 Å². The summed E-state index contributed by atoms with van der Waals surface area (Å²) in [7, 11) is -0.731. The van der Waals surface area contributed by atoms with Crippen LogP contribution in [0.25, 0.3) is 22.0 Å². The van der Waals surface area contributed by atoms with Gasteiger partial charge in [0.25, 0.3) is 0 Å². The van der Waals surface area contributed by atoms with Crippen LogP contribution in [0.3, 0.4) is 0 Å². The molecule has 2 heterocycles. The highest BCUT2D eigenvalue weighted by atomic mass is 35.5. The molecule has 30 heavy (non-hydrogen) atoms. The molecule has 3 aromatic rings. The van der Waals surface area contributed by atoms with Gasteiger partial charge < -0.3 is 4.57 Å². The standard InChI is InChI=1S/C20H21Cl2FN4O2S/c1-13-19(14-9-16(11-24-10-14)30(28,29)26(2)3)17-5-4-6-18(21)20(17)27(13)12-15(23)7-8-25-22/h4-7,9-11,25H,8,12H2,1-3H3/b15-7-. The molecule has 0 amide bonds. The summed E-state index contributed by atoms with van der Waals surface area (Å²) < 4.78 is 42.4. The fraction of sp³-hybridized carbons (Fsp3) is 0.250. The number of nitrogens with one attached hydrogen (secondary N) is 1. The lowest BCUT2D eigenvalue weighted by molar-refractivity contribution is 0.520. The van der Waals surface area contributed by atoms with Crippen LogP contribution in [0.1, 0.15) is 5.69 Å². The zero-order chi connectivity index (χ0) is 22.1. The van der Waals surface area contributed by atoms with Crippen LogP contribution in [0.5, 0.6) is 0 Å². The Balaban J connectivity index is 2.24. The first-order valence-electron chi connectivity index (χ1n) is 9.01. The van der Waals surface area contributed by atoms with Gasteiger partial charge in [0.1, 0.15) is 10.7 Å². The molecule has 2 aromatic heterocycles. The third-order valence-electron chi connectivity index (χ3n) is 4.78. The van der Waals surface area contributed by atoms with Crippen molar-refractivity contribution in [3.8, 4) is 11.1 Å². The molecule has 0 saturated heterocycles. The minimum Gasteiger partial charge on any atom is -0.336 e. The van der Waals surface area contributed by atoms with Crippen LogP contribution < -0.4 is 4.84 Å². The van der Waals surface area contributed by atoms with Gasteiger partial charge in [0.05, 0.1) is 17.1 Å². The van der Waals surface area contributed by atoms with Crippen molar-refractivity contribution in [3.63, 3.8) is 0 Å². The van der Waals surface area contributed by atoms with E-state index in [4.69, 9.17) is 23.4 Å². The summed E-state index contributed by atoms with van der Waals surface area (Å²) in [5, 5.41) is 1.25. The Morgan fingerprint density at radius 2 is 2.07 bits per heavy atom. The van der Waals surface area contributed by atoms with Crippen LogP contribution in [0.15, 0.2) is 53.5 Å². The number of sulfonamides is 1. The Morgan fingerprint density at radius 1 is 1.33 bits per heavy atom. The number of hydrogen-bond acceptors (Lipinski definition) is 4. The summed E-state index contributed by atoms with van der Waals surface area (Å²) in [5.41, 5.74) is 2.75. The van der Waals surface area contributed by atoms with Crippen molar-refractivity contribution in [2.24, 2.45) is 0 Å². The Morgan fingerprint density at radius 3 is 2.73 bits per heavy atom. The van der Waals surface area contributed by atoms with E-state index in [0.717, 1.165) is 20.9 Å². The van der Waals surface area contributed by atoms with E-state index in [-0.39, 0.29) is 23.8 Å². The second kappa shape index (κ2) is 9.03. The van der Waals surface area contributed by atoms with Gasteiger partial charge in [-0.15, -0.1) is 0 Å². The molecule has 0 aliphatic rings. The Hall–Kier alpha value is -1.97. The molecule has 0 saturated carbocycles. The van der Waals surface area contributed by atoms with Crippen LogP contribution >= 0.6 is 23.4 Å². The molecule has 0 aliphatic carbocycles. The topological polar surface area (TPSA) is 67.2 Å². The Kier molecular flexibility index (Phi) is 6.84. The van der Waals surface area contributed by atoms with Gasteiger partial charge in [-0.1, -0.05) is 23.7 Å². The quantitative estimate of drug-likeness (QED) is 0.515. The first-order chi connectivity index (χ1) is 14.2. The molecule has 1 N–H and O–H groups in total. The minimum absolute atomic E-state index is 0.0340. The number of pyridine rings is 1. The average Bonchev–Trinajstić information content (AvgIpc) is 2.99. The summed E-state index contributed by atoms with van der Waals surface area (Å²) in [5.74, 6) is -0.378. The zero-order valence-electron chi connectivity index (χ0n) is 16.7. The number of fused-ring (bicyclic) bond motifs is 1. The van der Waals surface area contributed by atoms with E-state index < -0.39 is 10.0 Å². The number of allylic oxidation sites excluding steroid dienone is 1. The van der Waals surface area contributed by atoms with E-state index in [1.54, 1.807) is 29.0 Å². The molecule has 160 valence electrons. The smallest absolute Gasteiger partial charge is 0.244 e. The minimum atomic E-state index is -3.65. The molecule has 0 atom stereocenters. The SMILES string of the molecule is Cc1c(-c2cncc(S(=O)(=O)N(C)C)c2)c2cccc(Cl)c2n1C/C(F)=C/CNCl. The third-order valence-corrected chi connectivity index (χ3v) is 7.02. The maximum atomic E-state index is 14.4. The summed E-state index contributed by atoms with van der Waals surface area (Å²) in [6, 6.07) is 6.97. The normalized spacial score (nSPS) is 12.8. The largest absolute Gasteiger partial charge is 0.336 e. The summed E-state index contributed by atoms with van der Waals surface area (Å²) in [6.07, 6.45) is 4.24. The maximum Gasteiger partial charge on any atom is 0.244 e. The van der Waals surface area contributed by atoms with Crippen LogP contribution in [-0.2, 0) is 16.6 Å². The van der Waals surface area contributed by atoms with Crippen LogP contribution in [0.2, 0.25) is 5.02 Å². The number of nitrogens with zero attached hydrogens (tertiary/aromatic N) is 3. The van der Waals surface area contributed by atoms with Crippen molar-refractivity contribution >= 4 is 44.3 Å². The molecule has 0 unspecified atom stereocenters. The predicted molar refractivity (Wildman–Crippen MR) is 119 cm³/mol. The van der Waals surface area contributed by atoms with Crippen LogP contribution in [0.4, 0.5) is 4.39 Å². The molecule has 6 nitrogen and oxygen atoms in total. The van der Waals surface area contributed by atoms with Crippen molar-refractivity contribution in [2.45, 2.75) is 18.4 Å². The van der Waals surface area contributed by atoms with Gasteiger partial charge in [-0.3, -0.25) is 4.98 Å². The lowest BCUT2D eigenvalue weighted by atomic mass is 10.0. The van der Waals surface area contributed by atoms with E-state index in [0.29, 0.717) is 16.1 Å². The molecule has 3 rings (SSSR count). The van der Waals surface area contributed by atoms with Crippen molar-refractivity contribution in [1.29, 1.82) is 0 Å². The van der Waals surface area contributed by atoms with Gasteiger partial charge in [-0.2, -0.15) is 0 Å². The van der Waals surface area contributed by atoms with Gasteiger partial charge >= 0.3 is 0 Å². The molecule has 0 bridgehead atoms. The Labute approximate surface area is 185 Å². The second-order valence-corrected chi connectivity index (χ2v) is 9.69. The van der Waals surface area contributed by atoms with E-state index in [1.165, 1.54) is 26.4 Å². The predicted octanol–water partition coefficient (Wildman–Crippen LogP) is 4.51. The van der Waals surface area contributed by atoms with Crippen molar-refractivity contribution in [3.05, 3.63) is 59.3 Å². The highest BCUT2D eigenvalue weighted by molar-refractivity contribution is 7.89. The first kappa shape index (κ1) is 22.7. The molecule has 10 heteroatoms. The summed E-state index contributed by atoms with van der Waals surface area (Å²) in [4.78, 5) is 6.57. The molecule has 1 aromatic carbocycles. The molecule has 0 fully saturated rings. The number of rotatable bonds is 7. The fourth-order valence-electron chi connectivity index (χ4n) is 3.32. The lowest BCUT2D eigenvalue weighted by Crippen LogP contribution is -2.22. The first-order valence-corrected chi connectivity index (χ1v) is 11.2. The van der Waals surface area contributed by atoms with Crippen molar-refractivity contribution in [1.82, 2.24) is 18.7 Å². The molecular formula is C20H21Cl2FN4O2S. The summed E-state index contributed by atoms with van der Waals surface area (Å²) >= 11 is 11.9. The van der Waals surface area contributed by atoms with Gasteiger partial charge in [0.2, 0.25) is 10.0 Å². The highest BCUT2D eigenvalue weighted by Crippen LogP contribution is 2.38. The lowest BCUT2D eigenvalue weighted by Gasteiger charge is -2.12. The average molecular weight is 471 g/mol. The molecule has 0 radical (unpaired) electrons. The highest BCUT2D eigenvalue weighted by Gasteiger charge is 2.22. The van der Waals surface area contributed by atoms with E-state index in [9.17, 15) is 12.8 Å². The van der Waals surface area contributed by atoms with E-state index in [1.807, 2.05) is 13.0 Å². The fourth-order valence-corrected chi connectivity index (χ4v) is 4.57. The molecular weight excluding hydrogens is 450 g/mol. The van der Waals surface area contributed by atoms with E-state index >= 15 is 0 Å². The zero-order valence-corrected chi connectivity index (χ0v) is 19.0. The van der Waals surface area contributed by atoms with Crippen molar-refractivity contribution in [2.75, 3.05) is 20.6 Å².